The zero-order valence-electron chi connectivity index (χ0n) is 16.3. The molecular formula is C17H10Cl2F6N6O2S. The van der Waals surface area contributed by atoms with E-state index in [1.54, 1.807) is 0 Å². The molecule has 17 heteroatoms. The van der Waals surface area contributed by atoms with Crippen LogP contribution in [0.5, 0.6) is 0 Å². The standard InChI is InChI=1S/C17H10Cl2F6N6O2S/c18-7-1-5(14(32)27-6-3-34(33)4-6)2-8(19)10(7)31-12(26)9-11(16(20,21)22)28-15(17(23,24)25)29-13(9)30-31/h1-2,6H,3-4,26H2,(H,27,32). The van der Waals surface area contributed by atoms with Crippen LogP contribution < -0.4 is 11.1 Å². The molecule has 0 bridgehead atoms. The highest BCUT2D eigenvalue weighted by molar-refractivity contribution is 7.86. The van der Waals surface area contributed by atoms with Crippen molar-refractivity contribution >= 4 is 56.8 Å². The molecule has 34 heavy (non-hydrogen) atoms. The third-order valence-electron chi connectivity index (χ3n) is 4.69. The van der Waals surface area contributed by atoms with Gasteiger partial charge in [-0.15, -0.1) is 5.10 Å². The molecule has 182 valence electrons. The molecule has 0 aliphatic carbocycles. The Morgan fingerprint density at radius 1 is 1.09 bits per heavy atom. The minimum Gasteiger partial charge on any atom is -0.383 e. The molecule has 1 fully saturated rings. The summed E-state index contributed by atoms with van der Waals surface area (Å²) < 4.78 is 91.3. The molecule has 0 saturated carbocycles. The average molecular weight is 547 g/mol. The molecule has 1 amide bonds. The lowest BCUT2D eigenvalue weighted by molar-refractivity contribution is -0.151. The van der Waals surface area contributed by atoms with Crippen molar-refractivity contribution in [3.8, 4) is 5.69 Å². The second-order valence-electron chi connectivity index (χ2n) is 7.12. The van der Waals surface area contributed by atoms with E-state index < -0.39 is 57.4 Å². The van der Waals surface area contributed by atoms with Gasteiger partial charge >= 0.3 is 12.4 Å². The second kappa shape index (κ2) is 8.23. The van der Waals surface area contributed by atoms with E-state index in [0.29, 0.717) is 4.68 Å². The summed E-state index contributed by atoms with van der Waals surface area (Å²) in [5.41, 5.74) is 2.54. The Kier molecular flexibility index (Phi) is 5.93. The SMILES string of the molecule is Nc1c2c(C(F)(F)F)nc(C(F)(F)F)nc2nn1-c1c(Cl)cc(C(=O)NC2CS(=O)C2)cc1Cl. The molecule has 1 aliphatic heterocycles. The van der Waals surface area contributed by atoms with Crippen LogP contribution in [-0.2, 0) is 23.2 Å². The molecule has 1 aromatic carbocycles. The van der Waals surface area contributed by atoms with Crippen molar-refractivity contribution in [3.63, 3.8) is 0 Å². The number of nitrogens with one attached hydrogen (secondary N) is 1. The van der Waals surface area contributed by atoms with E-state index in [1.165, 1.54) is 0 Å². The van der Waals surface area contributed by atoms with Crippen molar-refractivity contribution in [1.29, 1.82) is 0 Å². The van der Waals surface area contributed by atoms with Crippen LogP contribution in [0.2, 0.25) is 10.0 Å². The maximum absolute atomic E-state index is 13.5. The molecule has 0 unspecified atom stereocenters. The second-order valence-corrected chi connectivity index (χ2v) is 9.48. The summed E-state index contributed by atoms with van der Waals surface area (Å²) in [5.74, 6) is -2.86. The summed E-state index contributed by atoms with van der Waals surface area (Å²) in [6, 6.07) is 1.94. The first kappa shape index (κ1) is 24.5. The maximum Gasteiger partial charge on any atom is 0.451 e. The molecule has 3 aromatic rings. The predicted molar refractivity (Wildman–Crippen MR) is 110 cm³/mol. The first-order valence-corrected chi connectivity index (χ1v) is 11.3. The van der Waals surface area contributed by atoms with Crippen molar-refractivity contribution in [2.75, 3.05) is 17.2 Å². The van der Waals surface area contributed by atoms with Gasteiger partial charge in [0.05, 0.1) is 21.5 Å². The molecule has 4 rings (SSSR count). The number of hydrogen-bond acceptors (Lipinski definition) is 6. The summed E-state index contributed by atoms with van der Waals surface area (Å²) >= 11 is 12.4. The van der Waals surface area contributed by atoms with Crippen molar-refractivity contribution in [2.45, 2.75) is 18.4 Å². The Labute approximate surface area is 197 Å². The van der Waals surface area contributed by atoms with E-state index in [1.807, 2.05) is 0 Å². The third-order valence-corrected chi connectivity index (χ3v) is 6.82. The fourth-order valence-electron chi connectivity index (χ4n) is 3.16. The lowest BCUT2D eigenvalue weighted by Gasteiger charge is -2.25. The van der Waals surface area contributed by atoms with Gasteiger partial charge in [0.2, 0.25) is 5.82 Å². The average Bonchev–Trinajstić information content (AvgIpc) is 3.00. The highest BCUT2D eigenvalue weighted by atomic mass is 35.5. The van der Waals surface area contributed by atoms with Gasteiger partial charge in [0.25, 0.3) is 5.91 Å². The van der Waals surface area contributed by atoms with E-state index in [4.69, 9.17) is 28.9 Å². The van der Waals surface area contributed by atoms with Gasteiger partial charge in [-0.3, -0.25) is 9.00 Å². The zero-order chi connectivity index (χ0) is 25.2. The van der Waals surface area contributed by atoms with E-state index in [9.17, 15) is 35.3 Å². The van der Waals surface area contributed by atoms with Crippen LogP contribution in [0.25, 0.3) is 16.7 Å². The van der Waals surface area contributed by atoms with Crippen molar-refractivity contribution in [1.82, 2.24) is 25.1 Å². The predicted octanol–water partition coefficient (Wildman–Crippen LogP) is 3.60. The van der Waals surface area contributed by atoms with Gasteiger partial charge in [-0.2, -0.15) is 26.3 Å². The number of carbonyl (C=O) groups is 1. The Hall–Kier alpha value is -2.65. The van der Waals surface area contributed by atoms with Crippen LogP contribution >= 0.6 is 23.2 Å². The Morgan fingerprint density at radius 2 is 1.68 bits per heavy atom. The number of rotatable bonds is 3. The van der Waals surface area contributed by atoms with Gasteiger partial charge in [-0.05, 0) is 12.1 Å². The van der Waals surface area contributed by atoms with E-state index in [0.717, 1.165) is 12.1 Å². The first-order chi connectivity index (χ1) is 15.7. The molecule has 3 N–H and O–H groups in total. The molecule has 0 radical (unpaired) electrons. The number of aromatic nitrogens is 4. The van der Waals surface area contributed by atoms with Crippen molar-refractivity contribution in [2.24, 2.45) is 0 Å². The highest BCUT2D eigenvalue weighted by Crippen LogP contribution is 2.40. The van der Waals surface area contributed by atoms with Crippen LogP contribution in [0.4, 0.5) is 32.2 Å². The lowest BCUT2D eigenvalue weighted by atomic mass is 10.1. The van der Waals surface area contributed by atoms with Gasteiger partial charge in [0.1, 0.15) is 11.5 Å². The number of benzene rings is 1. The van der Waals surface area contributed by atoms with Crippen molar-refractivity contribution in [3.05, 3.63) is 39.3 Å². The molecule has 8 nitrogen and oxygen atoms in total. The smallest absolute Gasteiger partial charge is 0.383 e. The minimum absolute atomic E-state index is 0.0261. The molecule has 2 aromatic heterocycles. The summed E-state index contributed by atoms with van der Waals surface area (Å²) in [7, 11) is -1.01. The summed E-state index contributed by atoms with van der Waals surface area (Å²) in [6.45, 7) is 0. The molecule has 0 atom stereocenters. The lowest BCUT2D eigenvalue weighted by Crippen LogP contribution is -2.50. The monoisotopic (exact) mass is 546 g/mol. The first-order valence-electron chi connectivity index (χ1n) is 9.02. The summed E-state index contributed by atoms with van der Waals surface area (Å²) in [5, 5.41) is 4.70. The van der Waals surface area contributed by atoms with Crippen LogP contribution in [0, 0.1) is 0 Å². The molecular weight excluding hydrogens is 537 g/mol. The Bertz CT molecular complexity index is 1330. The number of fused-ring (bicyclic) bond motifs is 1. The largest absolute Gasteiger partial charge is 0.451 e. The fourth-order valence-corrected chi connectivity index (χ4v) is 4.78. The normalized spacial score (nSPS) is 18.7. The van der Waals surface area contributed by atoms with Crippen LogP contribution in [0.1, 0.15) is 21.9 Å². The molecule has 1 saturated heterocycles. The number of anilines is 1. The molecule has 0 spiro atoms. The van der Waals surface area contributed by atoms with E-state index in [-0.39, 0.29) is 38.8 Å². The van der Waals surface area contributed by atoms with Crippen LogP contribution in [0.15, 0.2) is 12.1 Å². The number of halogens is 8. The minimum atomic E-state index is -5.32. The van der Waals surface area contributed by atoms with Gasteiger partial charge in [-0.1, -0.05) is 23.2 Å². The quantitative estimate of drug-likeness (QED) is 0.485. The van der Waals surface area contributed by atoms with Gasteiger partial charge < -0.3 is 11.1 Å². The van der Waals surface area contributed by atoms with E-state index >= 15 is 0 Å². The van der Waals surface area contributed by atoms with Gasteiger partial charge in [0, 0.05) is 27.9 Å². The number of carbonyl (C=O) groups excluding carboxylic acids is 1. The highest BCUT2D eigenvalue weighted by Gasteiger charge is 2.43. The Morgan fingerprint density at radius 3 is 2.18 bits per heavy atom. The van der Waals surface area contributed by atoms with Crippen LogP contribution in [0.3, 0.4) is 0 Å². The van der Waals surface area contributed by atoms with Gasteiger partial charge in [0.15, 0.2) is 11.3 Å². The molecule has 3 heterocycles. The summed E-state index contributed by atoms with van der Waals surface area (Å²) in [6.07, 6.45) is -10.6. The van der Waals surface area contributed by atoms with Crippen molar-refractivity contribution < 1.29 is 35.3 Å². The zero-order valence-corrected chi connectivity index (χ0v) is 18.6. The third kappa shape index (κ3) is 4.38. The topological polar surface area (TPSA) is 116 Å². The fraction of sp³-hybridized carbons (Fsp3) is 0.294. The Balaban J connectivity index is 1.83. The van der Waals surface area contributed by atoms with Crippen LogP contribution in [-0.4, -0.2) is 47.4 Å². The number of nitrogens with zero attached hydrogens (tertiary/aromatic N) is 4. The van der Waals surface area contributed by atoms with Gasteiger partial charge in [-0.25, -0.2) is 14.6 Å². The number of amides is 1. The number of alkyl halides is 6. The maximum atomic E-state index is 13.5. The number of hydrogen-bond donors (Lipinski definition) is 2. The molecule has 1 aliphatic rings. The van der Waals surface area contributed by atoms with E-state index in [2.05, 4.69) is 20.4 Å². The number of nitrogen functional groups attached to an aromatic ring is 1. The summed E-state index contributed by atoms with van der Waals surface area (Å²) in [4.78, 5) is 18.0. The number of nitrogens with two attached hydrogens (primary N) is 1.